The first-order chi connectivity index (χ1) is 13.9. The number of benzene rings is 2. The van der Waals surface area contributed by atoms with Crippen molar-refractivity contribution in [3.63, 3.8) is 0 Å². The molecule has 0 bridgehead atoms. The van der Waals surface area contributed by atoms with Crippen LogP contribution in [-0.2, 0) is 11.3 Å². The lowest BCUT2D eigenvalue weighted by Gasteiger charge is -2.22. The molecule has 1 aliphatic carbocycles. The van der Waals surface area contributed by atoms with Gasteiger partial charge in [0.25, 0.3) is 0 Å². The molecule has 0 saturated heterocycles. The van der Waals surface area contributed by atoms with E-state index >= 15 is 0 Å². The van der Waals surface area contributed by atoms with Crippen molar-refractivity contribution < 1.29 is 4.74 Å². The molecule has 0 amide bonds. The minimum absolute atomic E-state index is 0.443. The average Bonchev–Trinajstić information content (AvgIpc) is 3.24. The number of thiazole rings is 1. The summed E-state index contributed by atoms with van der Waals surface area (Å²) in [6.45, 7) is 0.696. The number of ether oxygens (including phenoxy) is 1. The van der Waals surface area contributed by atoms with Crippen LogP contribution in [0.15, 0.2) is 65.1 Å². The average molecular weight is 392 g/mol. The molecular formula is C23H25N3OS. The smallest absolute Gasteiger partial charge is 0.203 e. The normalized spacial score (nSPS) is 15.1. The molecule has 1 aromatic heterocycles. The van der Waals surface area contributed by atoms with Crippen molar-refractivity contribution in [2.24, 2.45) is 5.10 Å². The minimum atomic E-state index is 0.443. The zero-order valence-corrected chi connectivity index (χ0v) is 16.7. The van der Waals surface area contributed by atoms with Crippen LogP contribution >= 0.6 is 11.3 Å². The second-order valence-corrected chi connectivity index (χ2v) is 7.94. The van der Waals surface area contributed by atoms with Crippen molar-refractivity contribution in [2.75, 3.05) is 5.43 Å². The van der Waals surface area contributed by atoms with E-state index in [4.69, 9.17) is 4.74 Å². The Morgan fingerprint density at radius 1 is 1.04 bits per heavy atom. The highest BCUT2D eigenvalue weighted by Crippen LogP contribution is 2.24. The zero-order valence-electron chi connectivity index (χ0n) is 15.9. The van der Waals surface area contributed by atoms with Crippen LogP contribution in [0.4, 0.5) is 5.13 Å². The van der Waals surface area contributed by atoms with Gasteiger partial charge in [-0.1, -0.05) is 73.9 Å². The van der Waals surface area contributed by atoms with Crippen molar-refractivity contribution in [3.05, 3.63) is 71.1 Å². The Bertz CT molecular complexity index is 884. The lowest BCUT2D eigenvalue weighted by atomic mass is 9.98. The molecule has 1 fully saturated rings. The molecule has 3 aromatic rings. The molecule has 0 spiro atoms. The summed E-state index contributed by atoms with van der Waals surface area (Å²) in [6, 6.07) is 18.5. The van der Waals surface area contributed by atoms with Gasteiger partial charge in [-0.2, -0.15) is 5.10 Å². The largest absolute Gasteiger partial charge is 0.374 e. The Morgan fingerprint density at radius 2 is 1.82 bits per heavy atom. The van der Waals surface area contributed by atoms with Crippen molar-refractivity contribution in [1.82, 2.24) is 4.98 Å². The lowest BCUT2D eigenvalue weighted by Crippen LogP contribution is -2.16. The highest BCUT2D eigenvalue weighted by atomic mass is 32.1. The van der Waals surface area contributed by atoms with Crippen LogP contribution < -0.4 is 5.43 Å². The predicted molar refractivity (Wildman–Crippen MR) is 117 cm³/mol. The first-order valence-corrected chi connectivity index (χ1v) is 10.8. The molecule has 4 rings (SSSR count). The first kappa shape index (κ1) is 18.8. The van der Waals surface area contributed by atoms with Gasteiger partial charge in [-0.15, -0.1) is 11.3 Å². The Kier molecular flexibility index (Phi) is 6.48. The summed E-state index contributed by atoms with van der Waals surface area (Å²) < 4.78 is 6.03. The maximum absolute atomic E-state index is 6.03. The quantitative estimate of drug-likeness (QED) is 0.391. The molecule has 1 saturated carbocycles. The summed E-state index contributed by atoms with van der Waals surface area (Å²) in [4.78, 5) is 4.57. The summed E-state index contributed by atoms with van der Waals surface area (Å²) in [6.07, 6.45) is 8.64. The summed E-state index contributed by atoms with van der Waals surface area (Å²) in [5.74, 6) is 0. The maximum atomic E-state index is 6.03. The van der Waals surface area contributed by atoms with E-state index in [1.807, 2.05) is 29.8 Å². The fraction of sp³-hybridized carbons (Fsp3) is 0.304. The molecule has 1 N–H and O–H groups in total. The van der Waals surface area contributed by atoms with Gasteiger partial charge in [0, 0.05) is 10.9 Å². The number of aromatic nitrogens is 1. The maximum Gasteiger partial charge on any atom is 0.203 e. The van der Waals surface area contributed by atoms with E-state index in [2.05, 4.69) is 51.9 Å². The van der Waals surface area contributed by atoms with Crippen molar-refractivity contribution in [3.8, 4) is 11.3 Å². The summed E-state index contributed by atoms with van der Waals surface area (Å²) in [7, 11) is 0. The third-order valence-corrected chi connectivity index (χ3v) is 5.71. The van der Waals surface area contributed by atoms with Crippen LogP contribution in [0.25, 0.3) is 11.3 Å². The molecule has 5 heteroatoms. The number of anilines is 1. The molecule has 28 heavy (non-hydrogen) atoms. The monoisotopic (exact) mass is 391 g/mol. The van der Waals surface area contributed by atoms with Crippen LogP contribution in [0.1, 0.15) is 43.2 Å². The fourth-order valence-electron chi connectivity index (χ4n) is 3.37. The van der Waals surface area contributed by atoms with E-state index < -0.39 is 0 Å². The van der Waals surface area contributed by atoms with Gasteiger partial charge in [0.15, 0.2) is 0 Å². The lowest BCUT2D eigenvalue weighted by molar-refractivity contribution is 0.0169. The molecule has 0 atom stereocenters. The Labute approximate surface area is 170 Å². The van der Waals surface area contributed by atoms with Gasteiger partial charge in [-0.05, 0) is 24.0 Å². The number of hydrogen-bond donors (Lipinski definition) is 1. The second kappa shape index (κ2) is 9.62. The van der Waals surface area contributed by atoms with Gasteiger partial charge in [-0.3, -0.25) is 5.43 Å². The predicted octanol–water partition coefficient (Wildman–Crippen LogP) is 6.11. The SMILES string of the molecule is C(=NNc1nc(-c2ccccc2)cs1)c1ccc(COC2CCCCC2)cc1. The third-order valence-electron chi connectivity index (χ3n) is 4.97. The number of rotatable bonds is 7. The van der Waals surface area contributed by atoms with Crippen LogP contribution in [0.5, 0.6) is 0 Å². The van der Waals surface area contributed by atoms with E-state index in [0.29, 0.717) is 12.7 Å². The van der Waals surface area contributed by atoms with E-state index in [0.717, 1.165) is 22.0 Å². The van der Waals surface area contributed by atoms with Crippen molar-refractivity contribution >= 4 is 22.7 Å². The van der Waals surface area contributed by atoms with Crippen LogP contribution in [-0.4, -0.2) is 17.3 Å². The van der Waals surface area contributed by atoms with Crippen LogP contribution in [0.3, 0.4) is 0 Å². The highest BCUT2D eigenvalue weighted by Gasteiger charge is 2.13. The van der Waals surface area contributed by atoms with Gasteiger partial charge in [0.1, 0.15) is 0 Å². The summed E-state index contributed by atoms with van der Waals surface area (Å²) in [5, 5.41) is 7.13. The minimum Gasteiger partial charge on any atom is -0.374 e. The number of hydrazone groups is 1. The van der Waals surface area contributed by atoms with Gasteiger partial charge in [0.2, 0.25) is 5.13 Å². The fourth-order valence-corrected chi connectivity index (χ4v) is 4.04. The third kappa shape index (κ3) is 5.27. The van der Waals surface area contributed by atoms with Crippen molar-refractivity contribution in [1.29, 1.82) is 0 Å². The van der Waals surface area contributed by atoms with Gasteiger partial charge < -0.3 is 4.74 Å². The van der Waals surface area contributed by atoms with Crippen LogP contribution in [0, 0.1) is 0 Å². The second-order valence-electron chi connectivity index (χ2n) is 7.09. The number of nitrogens with one attached hydrogen (secondary N) is 1. The van der Waals surface area contributed by atoms with Gasteiger partial charge >= 0.3 is 0 Å². The zero-order chi connectivity index (χ0) is 19.0. The summed E-state index contributed by atoms with van der Waals surface area (Å²) >= 11 is 1.55. The van der Waals surface area contributed by atoms with Crippen molar-refractivity contribution in [2.45, 2.75) is 44.8 Å². The molecule has 0 aliphatic heterocycles. The number of nitrogens with zero attached hydrogens (tertiary/aromatic N) is 2. The Morgan fingerprint density at radius 3 is 2.61 bits per heavy atom. The molecule has 144 valence electrons. The van der Waals surface area contributed by atoms with E-state index in [1.54, 1.807) is 11.3 Å². The molecule has 0 radical (unpaired) electrons. The van der Waals surface area contributed by atoms with Crippen LogP contribution in [0.2, 0.25) is 0 Å². The molecule has 4 nitrogen and oxygen atoms in total. The molecule has 0 unspecified atom stereocenters. The van der Waals surface area contributed by atoms with Gasteiger partial charge in [-0.25, -0.2) is 4.98 Å². The molecule has 1 aliphatic rings. The highest BCUT2D eigenvalue weighted by molar-refractivity contribution is 7.14. The molecule has 2 aromatic carbocycles. The topological polar surface area (TPSA) is 46.5 Å². The van der Waals surface area contributed by atoms with E-state index in [9.17, 15) is 0 Å². The Balaban J connectivity index is 1.27. The van der Waals surface area contributed by atoms with Gasteiger partial charge in [0.05, 0.1) is 24.6 Å². The summed E-state index contributed by atoms with van der Waals surface area (Å²) in [5.41, 5.74) is 7.36. The number of hydrogen-bond acceptors (Lipinski definition) is 5. The van der Waals surface area contributed by atoms with E-state index in [1.165, 1.54) is 37.7 Å². The first-order valence-electron chi connectivity index (χ1n) is 9.87. The van der Waals surface area contributed by atoms with E-state index in [-0.39, 0.29) is 0 Å². The Hall–Kier alpha value is -2.50. The molecular weight excluding hydrogens is 366 g/mol. The standard InChI is InChI=1S/C23H25N3OS/c1-3-7-20(8-4-1)22-17-28-23(25-22)26-24-15-18-11-13-19(14-12-18)16-27-21-9-5-2-6-10-21/h1,3-4,7-8,11-15,17,21H,2,5-6,9-10,16H2,(H,25,26). The molecule has 1 heterocycles.